The molecule has 0 N–H and O–H groups in total. The van der Waals surface area contributed by atoms with Gasteiger partial charge in [0.25, 0.3) is 23.6 Å². The average Bonchev–Trinajstić information content (AvgIpc) is 3.35. The number of fused-ring (bicyclic) bond motifs is 2. The zero-order chi connectivity index (χ0) is 45.6. The number of amides is 4. The number of pyridine rings is 2. The zero-order valence-electron chi connectivity index (χ0n) is 39.1. The Morgan fingerprint density at radius 1 is 0.333 bits per heavy atom. The van der Waals surface area contributed by atoms with E-state index in [-0.39, 0.29) is 23.6 Å². The summed E-state index contributed by atoms with van der Waals surface area (Å²) in [6, 6.07) is 19.6. The molecule has 0 aliphatic carbocycles. The molecule has 0 bridgehead atoms. The van der Waals surface area contributed by atoms with Crippen LogP contribution in [0.4, 0.5) is 0 Å². The number of unbranched alkanes of at least 4 members (excludes halogenated alkanes) is 18. The molecular weight excluding hydrogens is 817 g/mol. The molecule has 7 aromatic rings. The molecule has 0 radical (unpaired) electrons. The van der Waals surface area contributed by atoms with E-state index in [2.05, 4.69) is 23.8 Å². The average molecular weight is 881 g/mol. The number of rotatable bonds is 24. The number of nitrogens with zero attached hydrogens (tertiary/aromatic N) is 4. The highest BCUT2D eigenvalue weighted by Gasteiger charge is 2.38. The summed E-state index contributed by atoms with van der Waals surface area (Å²) in [7, 11) is 0. The number of hydrogen-bond acceptors (Lipinski definition) is 6. The first kappa shape index (κ1) is 45.1. The molecule has 340 valence electrons. The van der Waals surface area contributed by atoms with Crippen LogP contribution in [0.25, 0.3) is 65.3 Å². The van der Waals surface area contributed by atoms with Crippen molar-refractivity contribution in [2.45, 2.75) is 142 Å². The van der Waals surface area contributed by atoms with Crippen molar-refractivity contribution in [2.75, 3.05) is 13.1 Å². The van der Waals surface area contributed by atoms with Crippen molar-refractivity contribution in [1.82, 2.24) is 19.8 Å². The van der Waals surface area contributed by atoms with Gasteiger partial charge >= 0.3 is 0 Å². The number of aromatic nitrogens is 2. The lowest BCUT2D eigenvalue weighted by Crippen LogP contribution is -2.41. The van der Waals surface area contributed by atoms with Crippen molar-refractivity contribution in [3.8, 4) is 22.3 Å². The smallest absolute Gasteiger partial charge is 0.261 e. The molecule has 8 heteroatoms. The molecule has 2 aromatic heterocycles. The molecule has 2 aliphatic heterocycles. The minimum absolute atomic E-state index is 0.262. The number of carbonyl (C=O) groups is 4. The lowest BCUT2D eigenvalue weighted by atomic mass is 9.78. The molecule has 8 nitrogen and oxygen atoms in total. The Hall–Kier alpha value is -6.02. The fourth-order valence-corrected chi connectivity index (χ4v) is 11.0. The van der Waals surface area contributed by atoms with Gasteiger partial charge in [-0.2, -0.15) is 0 Å². The van der Waals surface area contributed by atoms with Crippen LogP contribution in [0.2, 0.25) is 0 Å². The van der Waals surface area contributed by atoms with Crippen LogP contribution >= 0.6 is 0 Å². The summed E-state index contributed by atoms with van der Waals surface area (Å²) in [4.78, 5) is 70.2. The number of imide groups is 2. The number of benzene rings is 5. The fraction of sp³-hybridized carbons (Fsp3) is 0.414. The van der Waals surface area contributed by atoms with E-state index >= 15 is 0 Å². The lowest BCUT2D eigenvalue weighted by Gasteiger charge is -2.31. The van der Waals surface area contributed by atoms with Crippen molar-refractivity contribution < 1.29 is 19.2 Å². The van der Waals surface area contributed by atoms with E-state index in [0.717, 1.165) is 93.1 Å². The van der Waals surface area contributed by atoms with Crippen molar-refractivity contribution in [1.29, 1.82) is 0 Å². The quantitative estimate of drug-likeness (QED) is 0.0259. The number of carbonyl (C=O) groups excluding carboxylic acids is 4. The van der Waals surface area contributed by atoms with Gasteiger partial charge in [-0.25, -0.2) is 0 Å². The first-order valence-electron chi connectivity index (χ1n) is 25.3. The van der Waals surface area contributed by atoms with Crippen molar-refractivity contribution in [2.24, 2.45) is 0 Å². The Bertz CT molecular complexity index is 2690. The monoisotopic (exact) mass is 880 g/mol. The molecule has 4 amide bonds. The van der Waals surface area contributed by atoms with Crippen LogP contribution in [0.3, 0.4) is 0 Å². The topological polar surface area (TPSA) is 101 Å². The molecule has 0 fully saturated rings. The van der Waals surface area contributed by atoms with Gasteiger partial charge in [0, 0.05) is 70.9 Å². The summed E-state index contributed by atoms with van der Waals surface area (Å²) in [5.74, 6) is -1.07. The standard InChI is InChI=1S/C58H64N4O4/c1-3-5-7-9-11-13-15-17-19-21-35-61-55(63)43-25-23-41-50-46(40-29-33-60-34-30-40)38-48-52-44(56(64)62(58(48)66)36-22-20-18-16-14-12-10-8-6-4-2)26-24-42(54(50)52)49-45(39-27-31-59-32-28-39)37-47(57(61)65)51(43)53(41)49/h23-34,37-38H,3-22,35-36H2,1-2H3. The van der Waals surface area contributed by atoms with Crippen LogP contribution in [-0.4, -0.2) is 56.5 Å². The third-order valence-electron chi connectivity index (χ3n) is 14.5. The third kappa shape index (κ3) is 8.60. The molecule has 5 aromatic carbocycles. The predicted octanol–water partition coefficient (Wildman–Crippen LogP) is 14.9. The SMILES string of the molecule is CCCCCCCCCCCCN1C(=O)c2ccc3c4c(-c5ccncc5)cc5c6c(ccc(c7c(-c8ccncc8)cc(c2c37)C1=O)c64)C(=O)N(CCCCCCCCCCCC)C5=O. The summed E-state index contributed by atoms with van der Waals surface area (Å²) < 4.78 is 0. The predicted molar refractivity (Wildman–Crippen MR) is 269 cm³/mol. The second kappa shape index (κ2) is 20.7. The molecule has 4 heterocycles. The summed E-state index contributed by atoms with van der Waals surface area (Å²) in [5.41, 5.74) is 5.51. The second-order valence-corrected chi connectivity index (χ2v) is 18.9. The molecular formula is C58H64N4O4. The number of hydrogen-bond donors (Lipinski definition) is 0. The summed E-state index contributed by atoms with van der Waals surface area (Å²) in [6.45, 7) is 5.24. The van der Waals surface area contributed by atoms with E-state index < -0.39 is 0 Å². The highest BCUT2D eigenvalue weighted by atomic mass is 16.2. The van der Waals surface area contributed by atoms with Crippen LogP contribution in [0.5, 0.6) is 0 Å². The van der Waals surface area contributed by atoms with E-state index in [0.29, 0.717) is 46.1 Å². The molecule has 9 rings (SSSR count). The maximum absolute atomic E-state index is 14.8. The van der Waals surface area contributed by atoms with Gasteiger partial charge in [0.15, 0.2) is 0 Å². The highest BCUT2D eigenvalue weighted by Crippen LogP contribution is 2.51. The van der Waals surface area contributed by atoms with Crippen LogP contribution in [0.15, 0.2) is 85.5 Å². The van der Waals surface area contributed by atoms with Gasteiger partial charge in [0.1, 0.15) is 0 Å². The Labute approximate surface area is 389 Å². The summed E-state index contributed by atoms with van der Waals surface area (Å²) in [6.07, 6.45) is 30.4. The maximum atomic E-state index is 14.8. The molecule has 0 saturated heterocycles. The largest absolute Gasteiger partial charge is 0.274 e. The van der Waals surface area contributed by atoms with Crippen molar-refractivity contribution in [3.05, 3.63) is 108 Å². The normalized spacial score (nSPS) is 13.8. The zero-order valence-corrected chi connectivity index (χ0v) is 39.1. The van der Waals surface area contributed by atoms with Gasteiger partial charge in [0.05, 0.1) is 0 Å². The second-order valence-electron chi connectivity index (χ2n) is 18.9. The first-order valence-corrected chi connectivity index (χ1v) is 25.3. The van der Waals surface area contributed by atoms with Crippen molar-refractivity contribution in [3.63, 3.8) is 0 Å². The van der Waals surface area contributed by atoms with Crippen molar-refractivity contribution >= 4 is 66.7 Å². The van der Waals surface area contributed by atoms with E-state index in [4.69, 9.17) is 0 Å². The van der Waals surface area contributed by atoms with Crippen LogP contribution < -0.4 is 0 Å². The Balaban J connectivity index is 1.12. The van der Waals surface area contributed by atoms with Gasteiger partial charge in [0.2, 0.25) is 0 Å². The van der Waals surface area contributed by atoms with Crippen LogP contribution in [-0.2, 0) is 0 Å². The van der Waals surface area contributed by atoms with Crippen LogP contribution in [0.1, 0.15) is 184 Å². The molecule has 2 aliphatic rings. The van der Waals surface area contributed by atoms with E-state index in [1.807, 2.05) is 60.7 Å². The molecule has 0 atom stereocenters. The third-order valence-corrected chi connectivity index (χ3v) is 14.5. The lowest BCUT2D eigenvalue weighted by molar-refractivity contribution is 0.0592. The van der Waals surface area contributed by atoms with Gasteiger partial charge in [-0.3, -0.25) is 38.9 Å². The highest BCUT2D eigenvalue weighted by molar-refractivity contribution is 6.44. The van der Waals surface area contributed by atoms with Gasteiger partial charge in [-0.15, -0.1) is 0 Å². The minimum Gasteiger partial charge on any atom is -0.274 e. The first-order chi connectivity index (χ1) is 32.4. The van der Waals surface area contributed by atoms with E-state index in [9.17, 15) is 19.2 Å². The van der Waals surface area contributed by atoms with Gasteiger partial charge in [-0.05, 0) is 116 Å². The van der Waals surface area contributed by atoms with Gasteiger partial charge in [-0.1, -0.05) is 142 Å². The molecule has 66 heavy (non-hydrogen) atoms. The maximum Gasteiger partial charge on any atom is 0.261 e. The summed E-state index contributed by atoms with van der Waals surface area (Å²) >= 11 is 0. The minimum atomic E-state index is -0.272. The molecule has 0 unspecified atom stereocenters. The summed E-state index contributed by atoms with van der Waals surface area (Å²) in [5, 5.41) is 6.46. The Morgan fingerprint density at radius 2 is 0.652 bits per heavy atom. The fourth-order valence-electron chi connectivity index (χ4n) is 11.0. The molecule has 0 saturated carbocycles. The van der Waals surface area contributed by atoms with E-state index in [1.165, 1.54) is 99.7 Å². The van der Waals surface area contributed by atoms with Crippen LogP contribution in [0, 0.1) is 0 Å². The van der Waals surface area contributed by atoms with Gasteiger partial charge < -0.3 is 0 Å². The Morgan fingerprint density at radius 3 is 1.00 bits per heavy atom. The Kier molecular flexibility index (Phi) is 14.1. The van der Waals surface area contributed by atoms with E-state index in [1.54, 1.807) is 24.8 Å². The molecule has 0 spiro atoms.